The Hall–Kier alpha value is -0.870. The van der Waals surface area contributed by atoms with E-state index in [1.54, 1.807) is 6.92 Å². The van der Waals surface area contributed by atoms with Crippen molar-refractivity contribution < 1.29 is 8.42 Å². The van der Waals surface area contributed by atoms with E-state index in [-0.39, 0.29) is 5.75 Å². The second-order valence-corrected chi connectivity index (χ2v) is 7.61. The van der Waals surface area contributed by atoms with Gasteiger partial charge in [-0.3, -0.25) is 0 Å². The van der Waals surface area contributed by atoms with Crippen molar-refractivity contribution in [3.05, 3.63) is 35.4 Å². The van der Waals surface area contributed by atoms with Crippen LogP contribution in [0.25, 0.3) is 0 Å². The zero-order valence-electron chi connectivity index (χ0n) is 12.1. The molecule has 0 aliphatic heterocycles. The molecule has 0 saturated carbocycles. The quantitative estimate of drug-likeness (QED) is 0.795. The van der Waals surface area contributed by atoms with Crippen LogP contribution in [-0.2, 0) is 16.3 Å². The Morgan fingerprint density at radius 1 is 1.21 bits per heavy atom. The molecule has 4 heteroatoms. The lowest BCUT2D eigenvalue weighted by Crippen LogP contribution is -2.24. The van der Waals surface area contributed by atoms with E-state index in [1.165, 1.54) is 11.1 Å². The minimum absolute atomic E-state index is 0.240. The molecule has 3 nitrogen and oxygen atoms in total. The van der Waals surface area contributed by atoms with Crippen LogP contribution in [0.5, 0.6) is 0 Å². The predicted octanol–water partition coefficient (Wildman–Crippen LogP) is 2.20. The van der Waals surface area contributed by atoms with Gasteiger partial charge < -0.3 is 5.32 Å². The lowest BCUT2D eigenvalue weighted by molar-refractivity contribution is 0.478. The van der Waals surface area contributed by atoms with Crippen LogP contribution in [0.15, 0.2) is 24.3 Å². The highest BCUT2D eigenvalue weighted by Gasteiger charge is 2.14. The van der Waals surface area contributed by atoms with Crippen LogP contribution in [0, 0.1) is 12.8 Å². The van der Waals surface area contributed by atoms with Crippen LogP contribution in [0.4, 0.5) is 0 Å². The summed E-state index contributed by atoms with van der Waals surface area (Å²) in [5.74, 6) is 0.903. The zero-order chi connectivity index (χ0) is 14.3. The molecule has 0 aliphatic rings. The first-order chi connectivity index (χ1) is 8.96. The lowest BCUT2D eigenvalue weighted by Gasteiger charge is -2.16. The van der Waals surface area contributed by atoms with E-state index in [2.05, 4.69) is 36.5 Å². The molecule has 1 aromatic rings. The van der Waals surface area contributed by atoms with E-state index < -0.39 is 9.84 Å². The van der Waals surface area contributed by atoms with Crippen LogP contribution in [0.1, 0.15) is 24.5 Å². The van der Waals surface area contributed by atoms with Gasteiger partial charge in [0.25, 0.3) is 0 Å². The Balaban J connectivity index is 2.60. The van der Waals surface area contributed by atoms with Gasteiger partial charge in [-0.05, 0) is 44.8 Å². The van der Waals surface area contributed by atoms with Crippen LogP contribution in [-0.4, -0.2) is 33.5 Å². The normalized spacial score (nSPS) is 13.4. The summed E-state index contributed by atoms with van der Waals surface area (Å²) < 4.78 is 23.2. The molecule has 0 amide bonds. The van der Waals surface area contributed by atoms with Gasteiger partial charge in [-0.15, -0.1) is 0 Å². The smallest absolute Gasteiger partial charge is 0.150 e. The maximum absolute atomic E-state index is 11.6. The van der Waals surface area contributed by atoms with Gasteiger partial charge in [0.15, 0.2) is 0 Å². The second kappa shape index (κ2) is 7.65. The molecule has 1 rings (SSSR count). The first-order valence-corrected chi connectivity index (χ1v) is 8.69. The number of benzene rings is 1. The number of hydrogen-bond acceptors (Lipinski definition) is 3. The van der Waals surface area contributed by atoms with Crippen molar-refractivity contribution in [2.24, 2.45) is 5.92 Å². The minimum Gasteiger partial charge on any atom is -0.319 e. The molecule has 108 valence electrons. The van der Waals surface area contributed by atoms with Crippen molar-refractivity contribution in [3.63, 3.8) is 0 Å². The minimum atomic E-state index is -2.86. The van der Waals surface area contributed by atoms with Gasteiger partial charge >= 0.3 is 0 Å². The highest BCUT2D eigenvalue weighted by atomic mass is 32.2. The van der Waals surface area contributed by atoms with Crippen molar-refractivity contribution in [1.29, 1.82) is 0 Å². The summed E-state index contributed by atoms with van der Waals surface area (Å²) >= 11 is 0. The maximum atomic E-state index is 11.6. The summed E-state index contributed by atoms with van der Waals surface area (Å²) in [4.78, 5) is 0. The zero-order valence-corrected chi connectivity index (χ0v) is 13.0. The maximum Gasteiger partial charge on any atom is 0.150 e. The van der Waals surface area contributed by atoms with Gasteiger partial charge in [0.2, 0.25) is 0 Å². The SMILES string of the molecule is CCS(=O)(=O)CCC(CNC)Cc1ccc(C)cc1. The molecular weight excluding hydrogens is 258 g/mol. The number of sulfone groups is 1. The topological polar surface area (TPSA) is 46.2 Å². The molecule has 0 fully saturated rings. The van der Waals surface area contributed by atoms with Crippen molar-refractivity contribution >= 4 is 9.84 Å². The van der Waals surface area contributed by atoms with Gasteiger partial charge in [-0.25, -0.2) is 8.42 Å². The van der Waals surface area contributed by atoms with E-state index >= 15 is 0 Å². The van der Waals surface area contributed by atoms with Crippen molar-refractivity contribution in [1.82, 2.24) is 5.32 Å². The number of hydrogen-bond donors (Lipinski definition) is 1. The molecule has 1 N–H and O–H groups in total. The van der Waals surface area contributed by atoms with Crippen molar-refractivity contribution in [3.8, 4) is 0 Å². The van der Waals surface area contributed by atoms with Crippen LogP contribution in [0.2, 0.25) is 0 Å². The third-order valence-corrected chi connectivity index (χ3v) is 5.15. The second-order valence-electron chi connectivity index (χ2n) is 5.14. The first-order valence-electron chi connectivity index (χ1n) is 6.87. The molecule has 0 bridgehead atoms. The Morgan fingerprint density at radius 3 is 2.37 bits per heavy atom. The fourth-order valence-electron chi connectivity index (χ4n) is 2.11. The van der Waals surface area contributed by atoms with Crippen LogP contribution >= 0.6 is 0 Å². The van der Waals surface area contributed by atoms with Crippen LogP contribution in [0.3, 0.4) is 0 Å². The Bertz CT molecular complexity index is 465. The number of aryl methyl sites for hydroxylation is 1. The van der Waals surface area contributed by atoms with E-state index in [0.717, 1.165) is 19.4 Å². The summed E-state index contributed by atoms with van der Waals surface area (Å²) in [5, 5.41) is 3.16. The molecule has 0 radical (unpaired) electrons. The Morgan fingerprint density at radius 2 is 1.84 bits per heavy atom. The predicted molar refractivity (Wildman–Crippen MR) is 81.2 cm³/mol. The average molecular weight is 283 g/mol. The van der Waals surface area contributed by atoms with Crippen molar-refractivity contribution in [2.75, 3.05) is 25.1 Å². The molecule has 1 unspecified atom stereocenters. The summed E-state index contributed by atoms with van der Waals surface area (Å²) in [6, 6.07) is 8.47. The van der Waals surface area contributed by atoms with Crippen LogP contribution < -0.4 is 5.32 Å². The average Bonchev–Trinajstić information content (AvgIpc) is 2.39. The highest BCUT2D eigenvalue weighted by molar-refractivity contribution is 7.91. The van der Waals surface area contributed by atoms with E-state index in [1.807, 2.05) is 7.05 Å². The van der Waals surface area contributed by atoms with E-state index in [0.29, 0.717) is 11.7 Å². The third-order valence-electron chi connectivity index (χ3n) is 3.41. The molecule has 19 heavy (non-hydrogen) atoms. The van der Waals surface area contributed by atoms with Gasteiger partial charge in [-0.1, -0.05) is 36.8 Å². The molecule has 0 aromatic heterocycles. The summed E-state index contributed by atoms with van der Waals surface area (Å²) in [6.07, 6.45) is 1.66. The highest BCUT2D eigenvalue weighted by Crippen LogP contribution is 2.14. The number of rotatable bonds is 8. The molecular formula is C15H25NO2S. The number of nitrogens with one attached hydrogen (secondary N) is 1. The molecule has 0 saturated heterocycles. The van der Waals surface area contributed by atoms with Gasteiger partial charge in [0.1, 0.15) is 9.84 Å². The standard InChI is InChI=1S/C15H25NO2S/c1-4-19(17,18)10-9-15(12-16-3)11-14-7-5-13(2)6-8-14/h5-8,15-16H,4,9-12H2,1-3H3. The van der Waals surface area contributed by atoms with E-state index in [9.17, 15) is 8.42 Å². The third kappa shape index (κ3) is 6.21. The Kier molecular flexibility index (Phi) is 6.52. The first kappa shape index (κ1) is 16.2. The molecule has 0 spiro atoms. The summed E-state index contributed by atoms with van der Waals surface area (Å²) in [5.41, 5.74) is 2.53. The molecule has 0 aliphatic carbocycles. The summed E-state index contributed by atoms with van der Waals surface area (Å²) in [7, 11) is -0.946. The monoisotopic (exact) mass is 283 g/mol. The molecule has 1 atom stereocenters. The van der Waals surface area contributed by atoms with Crippen molar-refractivity contribution in [2.45, 2.75) is 26.7 Å². The Labute approximate surface area is 117 Å². The largest absolute Gasteiger partial charge is 0.319 e. The molecule has 1 aromatic carbocycles. The van der Waals surface area contributed by atoms with Gasteiger partial charge in [-0.2, -0.15) is 0 Å². The van der Waals surface area contributed by atoms with Gasteiger partial charge in [0.05, 0.1) is 5.75 Å². The van der Waals surface area contributed by atoms with E-state index in [4.69, 9.17) is 0 Å². The fraction of sp³-hybridized carbons (Fsp3) is 0.600. The van der Waals surface area contributed by atoms with Gasteiger partial charge in [0, 0.05) is 5.75 Å². The fourth-order valence-corrected chi connectivity index (χ4v) is 3.09. The molecule has 0 heterocycles. The summed E-state index contributed by atoms with van der Waals surface area (Å²) in [6.45, 7) is 4.64. The lowest BCUT2D eigenvalue weighted by atomic mass is 9.96.